The number of H-pyrrole nitrogens is 1. The van der Waals surface area contributed by atoms with Crippen LogP contribution in [0.1, 0.15) is 52.9 Å². The smallest absolute Gasteiger partial charge is 0.382 e. The number of aryl methyl sites for hydroxylation is 1. The van der Waals surface area contributed by atoms with Crippen LogP contribution in [0.5, 0.6) is 0 Å². The van der Waals surface area contributed by atoms with Gasteiger partial charge in [-0.1, -0.05) is 26.0 Å². The number of aromatic nitrogens is 3. The summed E-state index contributed by atoms with van der Waals surface area (Å²) in [4.78, 5) is 17.7. The van der Waals surface area contributed by atoms with Crippen molar-refractivity contribution in [2.75, 3.05) is 11.1 Å². The standard InChI is InChI=1S/C27H26F3N5O/c1-14-7-8-17(32-25(36)15-5-4-6-16(11-15)27(28,29)30)12-19(14)22-18-9-10-26(2,3)13-20(18)21-23(31)34-35-24(21)33-22/h4-8,11-12H,9-10,13H2,1-3H3,(H,32,36)(H3,31,33,34,35). The highest BCUT2D eigenvalue weighted by molar-refractivity contribution is 6.04. The van der Waals surface area contributed by atoms with Crippen LogP contribution >= 0.6 is 0 Å². The van der Waals surface area contributed by atoms with Gasteiger partial charge in [0, 0.05) is 16.8 Å². The van der Waals surface area contributed by atoms with Crippen LogP contribution in [0.25, 0.3) is 22.3 Å². The number of alkyl halides is 3. The summed E-state index contributed by atoms with van der Waals surface area (Å²) in [5.74, 6) is -0.193. The number of nitrogens with zero attached hydrogens (tertiary/aromatic N) is 2. The lowest BCUT2D eigenvalue weighted by atomic mass is 9.73. The Morgan fingerprint density at radius 3 is 2.67 bits per heavy atom. The maximum Gasteiger partial charge on any atom is 0.416 e. The molecule has 0 bridgehead atoms. The first-order valence-corrected chi connectivity index (χ1v) is 11.7. The van der Waals surface area contributed by atoms with E-state index >= 15 is 0 Å². The van der Waals surface area contributed by atoms with Crippen molar-refractivity contribution in [1.29, 1.82) is 0 Å². The molecule has 4 aromatic rings. The molecule has 0 saturated heterocycles. The summed E-state index contributed by atoms with van der Waals surface area (Å²) >= 11 is 0. The van der Waals surface area contributed by atoms with E-state index in [1.807, 2.05) is 19.1 Å². The summed E-state index contributed by atoms with van der Waals surface area (Å²) in [6.07, 6.45) is -1.88. The third-order valence-electron chi connectivity index (χ3n) is 6.86. The highest BCUT2D eigenvalue weighted by atomic mass is 19.4. The minimum atomic E-state index is -4.53. The van der Waals surface area contributed by atoms with E-state index in [9.17, 15) is 18.0 Å². The largest absolute Gasteiger partial charge is 0.416 e. The first kappa shape index (κ1) is 23.8. The lowest BCUT2D eigenvalue weighted by molar-refractivity contribution is -0.137. The van der Waals surface area contributed by atoms with Crippen molar-refractivity contribution in [3.63, 3.8) is 0 Å². The summed E-state index contributed by atoms with van der Waals surface area (Å²) < 4.78 is 39.3. The molecule has 1 aliphatic rings. The number of rotatable bonds is 3. The van der Waals surface area contributed by atoms with E-state index in [4.69, 9.17) is 10.7 Å². The molecule has 0 spiro atoms. The number of halogens is 3. The molecular weight excluding hydrogens is 467 g/mol. The number of hydrogen-bond acceptors (Lipinski definition) is 4. The van der Waals surface area contributed by atoms with Gasteiger partial charge in [0.1, 0.15) is 0 Å². The average Bonchev–Trinajstić information content (AvgIpc) is 3.19. The van der Waals surface area contributed by atoms with Gasteiger partial charge in [0.2, 0.25) is 0 Å². The molecule has 2 heterocycles. The fourth-order valence-corrected chi connectivity index (χ4v) is 4.91. The number of nitrogens with one attached hydrogen (secondary N) is 2. The number of aromatic amines is 1. The first-order valence-electron chi connectivity index (χ1n) is 11.7. The highest BCUT2D eigenvalue weighted by Gasteiger charge is 2.32. The molecule has 1 amide bonds. The number of amides is 1. The molecule has 0 aliphatic heterocycles. The number of nitrogen functional groups attached to an aromatic ring is 1. The Kier molecular flexibility index (Phi) is 5.54. The summed E-state index contributed by atoms with van der Waals surface area (Å²) in [6, 6.07) is 9.78. The van der Waals surface area contributed by atoms with Crippen LogP contribution in [-0.2, 0) is 19.0 Å². The third kappa shape index (κ3) is 4.29. The molecule has 6 nitrogen and oxygen atoms in total. The minimum absolute atomic E-state index is 0.0703. The van der Waals surface area contributed by atoms with Crippen LogP contribution in [0, 0.1) is 12.3 Å². The molecular formula is C27H26F3N5O. The average molecular weight is 494 g/mol. The molecule has 186 valence electrons. The number of fused-ring (bicyclic) bond motifs is 3. The third-order valence-corrected chi connectivity index (χ3v) is 6.86. The first-order chi connectivity index (χ1) is 16.9. The second-order valence-electron chi connectivity index (χ2n) is 10.2. The van der Waals surface area contributed by atoms with Gasteiger partial charge in [-0.05, 0) is 78.6 Å². The summed E-state index contributed by atoms with van der Waals surface area (Å²) in [6.45, 7) is 6.42. The molecule has 4 N–H and O–H groups in total. The van der Waals surface area contributed by atoms with Gasteiger partial charge < -0.3 is 11.1 Å². The van der Waals surface area contributed by atoms with Gasteiger partial charge in [-0.25, -0.2) is 4.98 Å². The van der Waals surface area contributed by atoms with E-state index < -0.39 is 17.6 Å². The maximum absolute atomic E-state index is 13.1. The molecule has 5 rings (SSSR count). The topological polar surface area (TPSA) is 96.7 Å². The van der Waals surface area contributed by atoms with Crippen LogP contribution in [0.4, 0.5) is 24.7 Å². The van der Waals surface area contributed by atoms with E-state index in [1.54, 1.807) is 6.07 Å². The zero-order valence-electron chi connectivity index (χ0n) is 20.2. The number of carbonyl (C=O) groups is 1. The number of carbonyl (C=O) groups excluding carboxylic acids is 1. The van der Waals surface area contributed by atoms with E-state index in [-0.39, 0.29) is 11.0 Å². The molecule has 0 radical (unpaired) electrons. The second-order valence-corrected chi connectivity index (χ2v) is 10.2. The molecule has 9 heteroatoms. The van der Waals surface area contributed by atoms with Gasteiger partial charge in [-0.3, -0.25) is 9.89 Å². The lowest BCUT2D eigenvalue weighted by Crippen LogP contribution is -2.23. The number of benzene rings is 2. The molecule has 0 saturated carbocycles. The maximum atomic E-state index is 13.1. The van der Waals surface area contributed by atoms with Gasteiger partial charge in [-0.15, -0.1) is 0 Å². The van der Waals surface area contributed by atoms with Crippen molar-refractivity contribution in [3.05, 3.63) is 70.3 Å². The monoisotopic (exact) mass is 493 g/mol. The molecule has 0 atom stereocenters. The Bertz CT molecular complexity index is 1500. The van der Waals surface area contributed by atoms with Crippen molar-refractivity contribution in [1.82, 2.24) is 15.2 Å². The lowest BCUT2D eigenvalue weighted by Gasteiger charge is -2.32. The Balaban J connectivity index is 1.55. The van der Waals surface area contributed by atoms with E-state index in [1.165, 1.54) is 12.1 Å². The van der Waals surface area contributed by atoms with Crippen LogP contribution in [0.2, 0.25) is 0 Å². The van der Waals surface area contributed by atoms with Crippen molar-refractivity contribution < 1.29 is 18.0 Å². The Morgan fingerprint density at radius 2 is 1.92 bits per heavy atom. The number of pyridine rings is 1. The highest BCUT2D eigenvalue weighted by Crippen LogP contribution is 2.43. The van der Waals surface area contributed by atoms with E-state index in [0.29, 0.717) is 17.2 Å². The van der Waals surface area contributed by atoms with Crippen LogP contribution < -0.4 is 11.1 Å². The molecule has 0 unspecified atom stereocenters. The fourth-order valence-electron chi connectivity index (χ4n) is 4.91. The summed E-state index contributed by atoms with van der Waals surface area (Å²) in [5, 5.41) is 10.7. The zero-order valence-corrected chi connectivity index (χ0v) is 20.2. The van der Waals surface area contributed by atoms with Gasteiger partial charge in [0.25, 0.3) is 5.91 Å². The summed E-state index contributed by atoms with van der Waals surface area (Å²) in [7, 11) is 0. The minimum Gasteiger partial charge on any atom is -0.382 e. The van der Waals surface area contributed by atoms with E-state index in [2.05, 4.69) is 29.4 Å². The predicted octanol–water partition coefficient (Wildman–Crippen LogP) is 6.30. The molecule has 2 aromatic heterocycles. The number of hydrogen-bond donors (Lipinski definition) is 3. The zero-order chi connectivity index (χ0) is 25.8. The van der Waals surface area contributed by atoms with Gasteiger partial charge in [-0.2, -0.15) is 18.3 Å². The van der Waals surface area contributed by atoms with Crippen molar-refractivity contribution in [3.8, 4) is 11.3 Å². The molecule has 0 fully saturated rings. The van der Waals surface area contributed by atoms with Crippen LogP contribution in [-0.4, -0.2) is 21.1 Å². The van der Waals surface area contributed by atoms with Crippen LogP contribution in [0.15, 0.2) is 42.5 Å². The number of nitrogens with two attached hydrogens (primary N) is 1. The Morgan fingerprint density at radius 1 is 1.14 bits per heavy atom. The number of anilines is 2. The van der Waals surface area contributed by atoms with Crippen molar-refractivity contribution in [2.45, 2.75) is 46.2 Å². The van der Waals surface area contributed by atoms with Gasteiger partial charge >= 0.3 is 6.18 Å². The summed E-state index contributed by atoms with van der Waals surface area (Å²) in [5.41, 5.74) is 11.3. The van der Waals surface area contributed by atoms with E-state index in [0.717, 1.165) is 64.7 Å². The molecule has 36 heavy (non-hydrogen) atoms. The Hall–Kier alpha value is -3.88. The SMILES string of the molecule is Cc1ccc(NC(=O)c2cccc(C(F)(F)F)c2)cc1-c1nc2[nH]nc(N)c2c2c1CCC(C)(C)C2. The van der Waals surface area contributed by atoms with Gasteiger partial charge in [0.05, 0.1) is 16.6 Å². The quantitative estimate of drug-likeness (QED) is 0.312. The Labute approximate surface area is 206 Å². The fraction of sp³-hybridized carbons (Fsp3) is 0.296. The predicted molar refractivity (Wildman–Crippen MR) is 134 cm³/mol. The molecule has 1 aliphatic carbocycles. The normalized spacial score (nSPS) is 15.1. The second kappa shape index (κ2) is 8.36. The van der Waals surface area contributed by atoms with Crippen LogP contribution in [0.3, 0.4) is 0 Å². The molecule has 2 aromatic carbocycles. The van der Waals surface area contributed by atoms with Crippen molar-refractivity contribution >= 4 is 28.4 Å². The van der Waals surface area contributed by atoms with Crippen molar-refractivity contribution in [2.24, 2.45) is 5.41 Å². The van der Waals surface area contributed by atoms with Gasteiger partial charge in [0.15, 0.2) is 11.5 Å².